The van der Waals surface area contributed by atoms with Crippen molar-refractivity contribution in [3.63, 3.8) is 0 Å². The van der Waals surface area contributed by atoms with Crippen LogP contribution in [0.15, 0.2) is 22.0 Å². The molecule has 0 N–H and O–H groups in total. The van der Waals surface area contributed by atoms with Gasteiger partial charge in [0.25, 0.3) is 0 Å². The van der Waals surface area contributed by atoms with Gasteiger partial charge in [-0.25, -0.2) is 0 Å². The van der Waals surface area contributed by atoms with Crippen LogP contribution in [-0.2, 0) is 19.8 Å². The minimum absolute atomic E-state index is 0.446. The molecule has 0 saturated heterocycles. The summed E-state index contributed by atoms with van der Waals surface area (Å²) in [7, 11) is 0.446. The van der Waals surface area contributed by atoms with E-state index in [1.54, 1.807) is 3.79 Å². The second-order valence-electron chi connectivity index (χ2n) is 3.14. The van der Waals surface area contributed by atoms with Crippen molar-refractivity contribution in [2.75, 3.05) is 18.5 Å². The molecule has 0 aliphatic heterocycles. The summed E-state index contributed by atoms with van der Waals surface area (Å²) in [4.78, 5) is 0. The summed E-state index contributed by atoms with van der Waals surface area (Å²) < 4.78 is 3.07. The molecule has 1 aliphatic rings. The summed E-state index contributed by atoms with van der Waals surface area (Å²) >= 11 is 0.523. The Morgan fingerprint density at radius 3 is 2.00 bits per heavy atom. The van der Waals surface area contributed by atoms with Gasteiger partial charge in [0, 0.05) is 0 Å². The number of hydrogen-bond acceptors (Lipinski definition) is 0. The average molecular weight is 409 g/mol. The Labute approximate surface area is 107 Å². The molecule has 0 nitrogen and oxygen atoms in total. The number of allylic oxidation sites excluding steroid dienone is 4. The van der Waals surface area contributed by atoms with Gasteiger partial charge in [-0.2, -0.15) is 0 Å². The minimum atomic E-state index is 0.446. The molecule has 15 heavy (non-hydrogen) atoms. The van der Waals surface area contributed by atoms with Gasteiger partial charge in [0.15, 0.2) is 0 Å². The van der Waals surface area contributed by atoms with E-state index in [0.29, 0.717) is 27.7 Å². The van der Waals surface area contributed by atoms with E-state index in [4.69, 9.17) is 0 Å². The molecule has 93 valence electrons. The first-order valence-corrected chi connectivity index (χ1v) is 10.4. The van der Waals surface area contributed by atoms with Crippen molar-refractivity contribution in [2.45, 2.75) is 38.8 Å². The van der Waals surface area contributed by atoms with Crippen LogP contribution in [0.25, 0.3) is 0 Å². The zero-order chi connectivity index (χ0) is 11.5. The predicted octanol–water partition coefficient (Wildman–Crippen LogP) is 4.88. The summed E-state index contributed by atoms with van der Waals surface area (Å²) in [6.07, 6.45) is 12.2. The Balaban J connectivity index is 0.000000265. The molecule has 0 aromatic rings. The summed E-state index contributed by atoms with van der Waals surface area (Å²) in [5.41, 5.74) is 0. The fraction of sp³-hybridized carbons (Fsp3) is 0.692. The Morgan fingerprint density at radius 2 is 1.73 bits per heavy atom. The van der Waals surface area contributed by atoms with E-state index in [-0.39, 0.29) is 0 Å². The van der Waals surface area contributed by atoms with E-state index in [2.05, 4.69) is 45.9 Å². The monoisotopic (exact) mass is 409 g/mol. The Hall–Kier alpha value is 0.650. The molecule has 0 unspecified atom stereocenters. The summed E-state index contributed by atoms with van der Waals surface area (Å²) in [6, 6.07) is 0. The molecule has 0 atom stereocenters. The second kappa shape index (κ2) is 11.1. The molecule has 0 amide bonds. The average Bonchev–Trinajstić information content (AvgIpc) is 2.75. The van der Waals surface area contributed by atoms with E-state index in [0.717, 1.165) is 0 Å². The van der Waals surface area contributed by atoms with Crippen LogP contribution >= 0.6 is 7.92 Å². The molecule has 0 fully saturated rings. The third kappa shape index (κ3) is 8.46. The van der Waals surface area contributed by atoms with Gasteiger partial charge < -0.3 is 0 Å². The summed E-state index contributed by atoms with van der Waals surface area (Å²) in [5.74, 6) is 0. The van der Waals surface area contributed by atoms with Crippen LogP contribution in [0.5, 0.6) is 0 Å². The molecule has 1 aliphatic carbocycles. The molecule has 0 heterocycles. The molecule has 0 bridgehead atoms. The predicted molar refractivity (Wildman–Crippen MR) is 70.9 cm³/mol. The van der Waals surface area contributed by atoms with E-state index in [1.807, 2.05) is 0 Å². The van der Waals surface area contributed by atoms with Gasteiger partial charge in [-0.1, -0.05) is 20.8 Å². The molecule has 0 aromatic heterocycles. The SMILES string of the molecule is CCP(CC)CC.C[CH2][Au][C]1=CC=CC1. The maximum absolute atomic E-state index is 2.29. The van der Waals surface area contributed by atoms with E-state index in [9.17, 15) is 0 Å². The van der Waals surface area contributed by atoms with Crippen LogP contribution in [0.1, 0.15) is 34.1 Å². The van der Waals surface area contributed by atoms with Crippen LogP contribution in [0.3, 0.4) is 0 Å². The first-order valence-electron chi connectivity index (χ1n) is 5.86. The fourth-order valence-electron chi connectivity index (χ4n) is 1.29. The molecular weight excluding hydrogens is 384 g/mol. The summed E-state index contributed by atoms with van der Waals surface area (Å²) in [6.45, 7) is 9.14. The molecular formula is C13H25AuP. The van der Waals surface area contributed by atoms with Crippen molar-refractivity contribution in [1.29, 1.82) is 0 Å². The van der Waals surface area contributed by atoms with Crippen LogP contribution in [0.2, 0.25) is 4.64 Å². The molecule has 0 saturated carbocycles. The van der Waals surface area contributed by atoms with Crippen molar-refractivity contribution in [3.8, 4) is 0 Å². The van der Waals surface area contributed by atoms with Crippen LogP contribution < -0.4 is 0 Å². The van der Waals surface area contributed by atoms with Crippen molar-refractivity contribution < 1.29 is 19.8 Å². The van der Waals surface area contributed by atoms with Gasteiger partial charge in [-0.05, 0) is 18.5 Å². The van der Waals surface area contributed by atoms with E-state index >= 15 is 0 Å². The summed E-state index contributed by atoms with van der Waals surface area (Å²) in [5, 5.41) is 0. The molecule has 0 aromatic carbocycles. The van der Waals surface area contributed by atoms with E-state index < -0.39 is 0 Å². The van der Waals surface area contributed by atoms with Crippen molar-refractivity contribution in [3.05, 3.63) is 22.0 Å². The quantitative estimate of drug-likeness (QED) is 0.449. The molecule has 0 spiro atoms. The van der Waals surface area contributed by atoms with Gasteiger partial charge in [0.1, 0.15) is 0 Å². The first-order chi connectivity index (χ1) is 7.28. The van der Waals surface area contributed by atoms with Crippen molar-refractivity contribution in [1.82, 2.24) is 0 Å². The normalized spacial score (nSPS) is 14.1. The van der Waals surface area contributed by atoms with Crippen molar-refractivity contribution >= 4 is 7.92 Å². The first kappa shape index (κ1) is 15.7. The standard InChI is InChI=1S/C6H15P.C5H5.C2H5.Au/c1-4-7(5-2)6-3;1-2-4-5-3-1;1-2;/h4-6H2,1-3H3;1-3H,4H2;1H2,2H3;. The molecule has 0 radical (unpaired) electrons. The Morgan fingerprint density at radius 1 is 1.13 bits per heavy atom. The Kier molecular flexibility index (Phi) is 11.6. The van der Waals surface area contributed by atoms with Crippen molar-refractivity contribution in [2.24, 2.45) is 0 Å². The third-order valence-electron chi connectivity index (χ3n) is 2.28. The van der Waals surface area contributed by atoms with E-state index in [1.165, 1.54) is 29.5 Å². The second-order valence-corrected chi connectivity index (χ2v) is 10.1. The van der Waals surface area contributed by atoms with Crippen LogP contribution in [-0.4, -0.2) is 18.5 Å². The Bertz CT molecular complexity index is 187. The van der Waals surface area contributed by atoms with Crippen LogP contribution in [0.4, 0.5) is 0 Å². The molecule has 1 rings (SSSR count). The van der Waals surface area contributed by atoms with Gasteiger partial charge in [0.05, 0.1) is 0 Å². The number of rotatable bonds is 5. The number of hydrogen-bond donors (Lipinski definition) is 0. The van der Waals surface area contributed by atoms with Crippen LogP contribution in [0, 0.1) is 0 Å². The third-order valence-corrected chi connectivity index (χ3v) is 7.52. The van der Waals surface area contributed by atoms with Gasteiger partial charge in [-0.3, -0.25) is 0 Å². The fourth-order valence-corrected chi connectivity index (χ4v) is 4.65. The van der Waals surface area contributed by atoms with Gasteiger partial charge in [-0.15, -0.1) is 7.92 Å². The van der Waals surface area contributed by atoms with Gasteiger partial charge >= 0.3 is 59.8 Å². The topological polar surface area (TPSA) is 0 Å². The zero-order valence-corrected chi connectivity index (χ0v) is 13.6. The zero-order valence-electron chi connectivity index (χ0n) is 10.5. The van der Waals surface area contributed by atoms with Gasteiger partial charge in [0.2, 0.25) is 0 Å². The molecule has 2 heteroatoms. The maximum atomic E-state index is 2.29.